The molecule has 1 aromatic rings. The molecular weight excluding hydrogens is 152 g/mol. The molecule has 0 radical (unpaired) electrons. The molecule has 0 aromatic heterocycles. The number of fused-ring (bicyclic) bond motifs is 1. The van der Waals surface area contributed by atoms with Crippen molar-refractivity contribution in [2.45, 2.75) is 0 Å². The van der Waals surface area contributed by atoms with Crippen LogP contribution in [0.25, 0.3) is 0 Å². The summed E-state index contributed by atoms with van der Waals surface area (Å²) >= 11 is 0. The minimum atomic E-state index is 0.672. The van der Waals surface area contributed by atoms with E-state index >= 15 is 0 Å². The molecule has 0 saturated carbocycles. The molecule has 1 aromatic carbocycles. The normalized spacial score (nSPS) is 13.5. The lowest BCUT2D eigenvalue weighted by Gasteiger charge is -2.09. The number of rotatable bonds is 0. The molecule has 0 saturated heterocycles. The van der Waals surface area contributed by atoms with Gasteiger partial charge in [0, 0.05) is 7.05 Å². The van der Waals surface area contributed by atoms with Gasteiger partial charge in [-0.05, 0) is 18.2 Å². The topological polar surface area (TPSA) is 51.1 Å². The van der Waals surface area contributed by atoms with Gasteiger partial charge in [-0.2, -0.15) is 5.26 Å². The molecule has 0 fully saturated rings. The summed E-state index contributed by atoms with van der Waals surface area (Å²) in [6, 6.07) is 7.59. The quantitative estimate of drug-likeness (QED) is 0.590. The smallest absolute Gasteiger partial charge is 0.0992 e. The fraction of sp³-hybridized carbons (Fsp3) is 0.125. The average molecular weight is 160 g/mol. The van der Waals surface area contributed by atoms with Crippen LogP contribution >= 0.6 is 0 Å². The predicted molar refractivity (Wildman–Crippen MR) is 46.3 cm³/mol. The summed E-state index contributed by atoms with van der Waals surface area (Å²) in [4.78, 5) is 0. The number of hydrazine groups is 2. The van der Waals surface area contributed by atoms with E-state index in [1.54, 1.807) is 6.07 Å². The van der Waals surface area contributed by atoms with Crippen LogP contribution in [0.1, 0.15) is 5.56 Å². The number of nitriles is 1. The SMILES string of the molecule is CN1NNc2ccc(C#N)cc21. The zero-order valence-electron chi connectivity index (χ0n) is 6.63. The molecule has 0 spiro atoms. The summed E-state index contributed by atoms with van der Waals surface area (Å²) in [5.41, 5.74) is 8.54. The van der Waals surface area contributed by atoms with Crippen molar-refractivity contribution in [3.05, 3.63) is 23.8 Å². The summed E-state index contributed by atoms with van der Waals surface area (Å²) in [5.74, 6) is 0. The Hall–Kier alpha value is -1.73. The van der Waals surface area contributed by atoms with Gasteiger partial charge in [-0.25, -0.2) is 0 Å². The molecule has 4 heteroatoms. The highest BCUT2D eigenvalue weighted by Gasteiger charge is 2.13. The van der Waals surface area contributed by atoms with Crippen molar-refractivity contribution < 1.29 is 0 Å². The minimum Gasteiger partial charge on any atom is -0.302 e. The lowest BCUT2D eigenvalue weighted by Crippen LogP contribution is -2.31. The molecule has 12 heavy (non-hydrogen) atoms. The van der Waals surface area contributed by atoms with Crippen LogP contribution in [0.3, 0.4) is 0 Å². The molecule has 0 atom stereocenters. The molecule has 0 amide bonds. The Bertz CT molecular complexity index is 353. The van der Waals surface area contributed by atoms with E-state index in [0.29, 0.717) is 5.56 Å². The Morgan fingerprint density at radius 3 is 3.08 bits per heavy atom. The van der Waals surface area contributed by atoms with Crippen molar-refractivity contribution in [2.24, 2.45) is 0 Å². The Balaban J connectivity index is 2.52. The van der Waals surface area contributed by atoms with E-state index in [2.05, 4.69) is 17.0 Å². The van der Waals surface area contributed by atoms with Crippen LogP contribution in [0.5, 0.6) is 0 Å². The van der Waals surface area contributed by atoms with Gasteiger partial charge in [0.15, 0.2) is 0 Å². The second-order valence-electron chi connectivity index (χ2n) is 2.64. The van der Waals surface area contributed by atoms with Crippen molar-refractivity contribution in [3.63, 3.8) is 0 Å². The first kappa shape index (κ1) is 6.95. The van der Waals surface area contributed by atoms with Gasteiger partial charge in [-0.1, -0.05) is 0 Å². The maximum atomic E-state index is 8.65. The first-order valence-corrected chi connectivity index (χ1v) is 3.61. The lowest BCUT2D eigenvalue weighted by molar-refractivity contribution is 0.820. The van der Waals surface area contributed by atoms with Gasteiger partial charge >= 0.3 is 0 Å². The number of anilines is 2. The number of nitrogens with zero attached hydrogens (tertiary/aromatic N) is 2. The van der Waals surface area contributed by atoms with Crippen molar-refractivity contribution in [1.29, 1.82) is 5.26 Å². The molecule has 2 N–H and O–H groups in total. The summed E-state index contributed by atoms with van der Waals surface area (Å²) < 4.78 is 0. The van der Waals surface area contributed by atoms with Crippen LogP contribution in [0.2, 0.25) is 0 Å². The Morgan fingerprint density at radius 2 is 2.33 bits per heavy atom. The van der Waals surface area contributed by atoms with Crippen molar-refractivity contribution >= 4 is 11.4 Å². The third-order valence-electron chi connectivity index (χ3n) is 1.85. The minimum absolute atomic E-state index is 0.672. The number of nitrogens with one attached hydrogen (secondary N) is 2. The summed E-state index contributed by atoms with van der Waals surface area (Å²) in [6.07, 6.45) is 0. The van der Waals surface area contributed by atoms with Gasteiger partial charge in [0.25, 0.3) is 0 Å². The summed E-state index contributed by atoms with van der Waals surface area (Å²) in [7, 11) is 1.89. The van der Waals surface area contributed by atoms with Gasteiger partial charge in [-0.3, -0.25) is 5.01 Å². The first-order chi connectivity index (χ1) is 5.81. The van der Waals surface area contributed by atoms with Gasteiger partial charge in [0.1, 0.15) is 0 Å². The molecule has 2 rings (SSSR count). The van der Waals surface area contributed by atoms with E-state index in [1.807, 2.05) is 24.2 Å². The monoisotopic (exact) mass is 160 g/mol. The highest BCUT2D eigenvalue weighted by Crippen LogP contribution is 2.28. The zero-order chi connectivity index (χ0) is 8.55. The van der Waals surface area contributed by atoms with Gasteiger partial charge in [0.2, 0.25) is 0 Å². The van der Waals surface area contributed by atoms with Crippen LogP contribution < -0.4 is 16.0 Å². The molecule has 4 nitrogen and oxygen atoms in total. The molecule has 1 aliphatic heterocycles. The first-order valence-electron chi connectivity index (χ1n) is 3.61. The second kappa shape index (κ2) is 2.40. The summed E-state index contributed by atoms with van der Waals surface area (Å²) in [5, 5.41) is 10.5. The van der Waals surface area contributed by atoms with Crippen LogP contribution in [-0.4, -0.2) is 7.05 Å². The lowest BCUT2D eigenvalue weighted by atomic mass is 10.2. The second-order valence-corrected chi connectivity index (χ2v) is 2.64. The van der Waals surface area contributed by atoms with Gasteiger partial charge in [-0.15, -0.1) is 5.53 Å². The Morgan fingerprint density at radius 1 is 1.50 bits per heavy atom. The zero-order valence-corrected chi connectivity index (χ0v) is 6.63. The predicted octanol–water partition coefficient (Wildman–Crippen LogP) is 0.840. The van der Waals surface area contributed by atoms with E-state index in [0.717, 1.165) is 11.4 Å². The van der Waals surface area contributed by atoms with E-state index in [-0.39, 0.29) is 0 Å². The van der Waals surface area contributed by atoms with Crippen LogP contribution in [0, 0.1) is 11.3 Å². The van der Waals surface area contributed by atoms with Crippen molar-refractivity contribution in [1.82, 2.24) is 5.53 Å². The average Bonchev–Trinajstić information content (AvgIpc) is 2.47. The van der Waals surface area contributed by atoms with Gasteiger partial charge < -0.3 is 5.43 Å². The van der Waals surface area contributed by atoms with E-state index in [9.17, 15) is 0 Å². The molecule has 1 aliphatic rings. The third-order valence-corrected chi connectivity index (χ3v) is 1.85. The van der Waals surface area contributed by atoms with Crippen LogP contribution in [0.15, 0.2) is 18.2 Å². The maximum Gasteiger partial charge on any atom is 0.0992 e. The van der Waals surface area contributed by atoms with Crippen molar-refractivity contribution in [2.75, 3.05) is 17.5 Å². The third kappa shape index (κ3) is 0.881. The van der Waals surface area contributed by atoms with E-state index in [4.69, 9.17) is 5.26 Å². The summed E-state index contributed by atoms with van der Waals surface area (Å²) in [6.45, 7) is 0. The largest absolute Gasteiger partial charge is 0.302 e. The fourth-order valence-corrected chi connectivity index (χ4v) is 1.19. The number of benzene rings is 1. The highest BCUT2D eigenvalue weighted by atomic mass is 15.7. The molecular formula is C8H8N4. The molecule has 0 unspecified atom stereocenters. The number of hydrogen-bond acceptors (Lipinski definition) is 4. The van der Waals surface area contributed by atoms with E-state index < -0.39 is 0 Å². The number of hydrogen-bond donors (Lipinski definition) is 2. The van der Waals surface area contributed by atoms with Gasteiger partial charge in [0.05, 0.1) is 23.0 Å². The van der Waals surface area contributed by atoms with Crippen LogP contribution in [0.4, 0.5) is 11.4 Å². The molecule has 1 heterocycles. The fourth-order valence-electron chi connectivity index (χ4n) is 1.19. The molecule has 60 valence electrons. The molecule has 0 bridgehead atoms. The standard InChI is InChI=1S/C8H8N4/c1-12-8-4-6(5-9)2-3-7(8)10-11-12/h2-4,10-11H,1H3. The van der Waals surface area contributed by atoms with Crippen LogP contribution in [-0.2, 0) is 0 Å². The maximum absolute atomic E-state index is 8.65. The Kier molecular flexibility index (Phi) is 1.39. The van der Waals surface area contributed by atoms with Crippen molar-refractivity contribution in [3.8, 4) is 6.07 Å². The highest BCUT2D eigenvalue weighted by molar-refractivity contribution is 5.74. The van der Waals surface area contributed by atoms with E-state index in [1.165, 1.54) is 0 Å². The Labute approximate surface area is 70.3 Å². The molecule has 0 aliphatic carbocycles.